The Morgan fingerprint density at radius 2 is 1.96 bits per heavy atom. The first-order chi connectivity index (χ1) is 12.4. The fourth-order valence-electron chi connectivity index (χ4n) is 3.68. The number of piperidine rings is 1. The van der Waals surface area contributed by atoms with Crippen LogP contribution in [-0.2, 0) is 19.1 Å². The standard InChI is InChI=1S/C19H23ClN2O4/c1-3-26-19(25)13-6-8-21(9-7-13)16-11-17(23)22(18(16)24)15-10-14(20)5-4-12(15)2/h4-5,10,13,16H,3,6-9,11H2,1-2H3/t16-/m0/s1. The molecule has 0 spiro atoms. The van der Waals surface area contributed by atoms with Crippen molar-refractivity contribution in [3.05, 3.63) is 28.8 Å². The van der Waals surface area contributed by atoms with Gasteiger partial charge < -0.3 is 4.74 Å². The highest BCUT2D eigenvalue weighted by Crippen LogP contribution is 2.32. The minimum atomic E-state index is -0.468. The third-order valence-electron chi connectivity index (χ3n) is 5.13. The van der Waals surface area contributed by atoms with Gasteiger partial charge in [-0.3, -0.25) is 19.3 Å². The van der Waals surface area contributed by atoms with Crippen molar-refractivity contribution in [2.24, 2.45) is 5.92 Å². The van der Waals surface area contributed by atoms with Crippen LogP contribution in [0, 0.1) is 12.8 Å². The smallest absolute Gasteiger partial charge is 0.309 e. The number of carbonyl (C=O) groups is 3. The van der Waals surface area contributed by atoms with Gasteiger partial charge in [-0.05, 0) is 57.5 Å². The number of amides is 2. The highest BCUT2D eigenvalue weighted by molar-refractivity contribution is 6.31. The zero-order valence-electron chi connectivity index (χ0n) is 15.0. The highest BCUT2D eigenvalue weighted by atomic mass is 35.5. The third kappa shape index (κ3) is 3.62. The maximum atomic E-state index is 12.9. The number of halogens is 1. The monoisotopic (exact) mass is 378 g/mol. The SMILES string of the molecule is CCOC(=O)C1CCN([C@H]2CC(=O)N(c3cc(Cl)ccc3C)C2=O)CC1. The van der Waals surface area contributed by atoms with Gasteiger partial charge in [0.1, 0.15) is 0 Å². The summed E-state index contributed by atoms with van der Waals surface area (Å²) < 4.78 is 5.08. The van der Waals surface area contributed by atoms with Crippen LogP contribution in [0.5, 0.6) is 0 Å². The van der Waals surface area contributed by atoms with Gasteiger partial charge in [0, 0.05) is 5.02 Å². The van der Waals surface area contributed by atoms with E-state index in [-0.39, 0.29) is 30.1 Å². The second kappa shape index (κ2) is 7.76. The molecule has 140 valence electrons. The topological polar surface area (TPSA) is 66.9 Å². The van der Waals surface area contributed by atoms with Crippen LogP contribution in [0.25, 0.3) is 0 Å². The molecule has 2 aliphatic heterocycles. The van der Waals surface area contributed by atoms with E-state index < -0.39 is 6.04 Å². The molecule has 6 nitrogen and oxygen atoms in total. The fraction of sp³-hybridized carbons (Fsp3) is 0.526. The Balaban J connectivity index is 1.70. The van der Waals surface area contributed by atoms with Crippen molar-refractivity contribution < 1.29 is 19.1 Å². The molecular formula is C19H23ClN2O4. The largest absolute Gasteiger partial charge is 0.466 e. The number of nitrogens with zero attached hydrogens (tertiary/aromatic N) is 2. The van der Waals surface area contributed by atoms with Gasteiger partial charge in [-0.15, -0.1) is 0 Å². The van der Waals surface area contributed by atoms with E-state index in [4.69, 9.17) is 16.3 Å². The number of ether oxygens (including phenoxy) is 1. The Bertz CT molecular complexity index is 728. The molecule has 0 unspecified atom stereocenters. The van der Waals surface area contributed by atoms with Gasteiger partial charge in [-0.2, -0.15) is 0 Å². The molecule has 7 heteroatoms. The molecule has 2 amide bonds. The molecule has 2 heterocycles. The van der Waals surface area contributed by atoms with Crippen molar-refractivity contribution in [1.29, 1.82) is 0 Å². The van der Waals surface area contributed by atoms with Crippen LogP contribution in [0.4, 0.5) is 5.69 Å². The molecule has 0 aromatic heterocycles. The number of esters is 1. The summed E-state index contributed by atoms with van der Waals surface area (Å²) in [6.07, 6.45) is 1.45. The Hall–Kier alpha value is -1.92. The summed E-state index contributed by atoms with van der Waals surface area (Å²) in [5, 5.41) is 0.491. The van der Waals surface area contributed by atoms with E-state index in [0.717, 1.165) is 5.56 Å². The van der Waals surface area contributed by atoms with Crippen LogP contribution in [0.3, 0.4) is 0 Å². The Morgan fingerprint density at radius 1 is 1.27 bits per heavy atom. The van der Waals surface area contributed by atoms with E-state index in [9.17, 15) is 14.4 Å². The van der Waals surface area contributed by atoms with Gasteiger partial charge >= 0.3 is 5.97 Å². The maximum Gasteiger partial charge on any atom is 0.309 e. The molecule has 1 atom stereocenters. The summed E-state index contributed by atoms with van der Waals surface area (Å²) in [7, 11) is 0. The predicted octanol–water partition coefficient (Wildman–Crippen LogP) is 2.56. The quantitative estimate of drug-likeness (QED) is 0.595. The van der Waals surface area contributed by atoms with Crippen LogP contribution in [0.15, 0.2) is 18.2 Å². The number of rotatable bonds is 4. The molecule has 0 N–H and O–H groups in total. The number of likely N-dealkylation sites (tertiary alicyclic amines) is 1. The summed E-state index contributed by atoms with van der Waals surface area (Å²) >= 11 is 6.04. The molecule has 0 radical (unpaired) electrons. The van der Waals surface area contributed by atoms with Gasteiger partial charge in [0.25, 0.3) is 5.91 Å². The van der Waals surface area contributed by atoms with E-state index >= 15 is 0 Å². The van der Waals surface area contributed by atoms with Crippen molar-refractivity contribution in [3.63, 3.8) is 0 Å². The van der Waals surface area contributed by atoms with Crippen molar-refractivity contribution >= 4 is 35.1 Å². The van der Waals surface area contributed by atoms with E-state index in [1.165, 1.54) is 4.90 Å². The normalized spacial score (nSPS) is 22.1. The summed E-state index contributed by atoms with van der Waals surface area (Å²) in [4.78, 5) is 40.6. The number of hydrogen-bond donors (Lipinski definition) is 0. The van der Waals surface area contributed by atoms with Gasteiger partial charge in [0.05, 0.1) is 30.7 Å². The second-order valence-corrected chi connectivity index (χ2v) is 7.22. The van der Waals surface area contributed by atoms with Crippen LogP contribution in [-0.4, -0.2) is 48.4 Å². The van der Waals surface area contributed by atoms with E-state index in [1.54, 1.807) is 25.1 Å². The average molecular weight is 379 g/mol. The van der Waals surface area contributed by atoms with Crippen LogP contribution in [0.1, 0.15) is 31.7 Å². The van der Waals surface area contributed by atoms with Crippen LogP contribution >= 0.6 is 11.6 Å². The van der Waals surface area contributed by atoms with Crippen LogP contribution in [0.2, 0.25) is 5.02 Å². The molecule has 1 aromatic rings. The molecule has 2 saturated heterocycles. The third-order valence-corrected chi connectivity index (χ3v) is 5.36. The Labute approximate surface area is 158 Å². The predicted molar refractivity (Wildman–Crippen MR) is 98.0 cm³/mol. The minimum Gasteiger partial charge on any atom is -0.466 e. The molecule has 2 fully saturated rings. The fourth-order valence-corrected chi connectivity index (χ4v) is 3.85. The van der Waals surface area contributed by atoms with Gasteiger partial charge in [-0.25, -0.2) is 4.90 Å². The van der Waals surface area contributed by atoms with Gasteiger partial charge in [0.15, 0.2) is 0 Å². The van der Waals surface area contributed by atoms with E-state index in [1.807, 2.05) is 11.8 Å². The van der Waals surface area contributed by atoms with E-state index in [0.29, 0.717) is 43.2 Å². The minimum absolute atomic E-state index is 0.121. The Kier molecular flexibility index (Phi) is 5.63. The number of aryl methyl sites for hydroxylation is 1. The first kappa shape index (κ1) is 18.9. The molecule has 1 aromatic carbocycles. The molecule has 0 bridgehead atoms. The lowest BCUT2D eigenvalue weighted by Gasteiger charge is -2.33. The Morgan fingerprint density at radius 3 is 2.62 bits per heavy atom. The average Bonchev–Trinajstić information content (AvgIpc) is 2.92. The van der Waals surface area contributed by atoms with Gasteiger partial charge in [-0.1, -0.05) is 17.7 Å². The summed E-state index contributed by atoms with van der Waals surface area (Å²) in [6, 6.07) is 4.73. The lowest BCUT2D eigenvalue weighted by Crippen LogP contribution is -2.47. The van der Waals surface area contributed by atoms with Crippen molar-refractivity contribution in [1.82, 2.24) is 4.90 Å². The molecular weight excluding hydrogens is 356 g/mol. The second-order valence-electron chi connectivity index (χ2n) is 6.78. The summed E-state index contributed by atoms with van der Waals surface area (Å²) in [5.74, 6) is -0.713. The van der Waals surface area contributed by atoms with Gasteiger partial charge in [0.2, 0.25) is 5.91 Å². The van der Waals surface area contributed by atoms with Crippen molar-refractivity contribution in [2.75, 3.05) is 24.6 Å². The highest BCUT2D eigenvalue weighted by Gasteiger charge is 2.44. The number of anilines is 1. The summed E-state index contributed by atoms with van der Waals surface area (Å²) in [6.45, 7) is 5.24. The lowest BCUT2D eigenvalue weighted by molar-refractivity contribution is -0.149. The maximum absolute atomic E-state index is 12.9. The first-order valence-electron chi connectivity index (χ1n) is 8.96. The molecule has 3 rings (SSSR count). The van der Waals surface area contributed by atoms with Crippen LogP contribution < -0.4 is 4.90 Å². The van der Waals surface area contributed by atoms with E-state index in [2.05, 4.69) is 0 Å². The molecule has 26 heavy (non-hydrogen) atoms. The van der Waals surface area contributed by atoms with Crippen molar-refractivity contribution in [3.8, 4) is 0 Å². The molecule has 2 aliphatic rings. The lowest BCUT2D eigenvalue weighted by atomic mass is 9.95. The molecule has 0 aliphatic carbocycles. The van der Waals surface area contributed by atoms with Crippen molar-refractivity contribution in [2.45, 2.75) is 39.2 Å². The number of benzene rings is 1. The molecule has 0 saturated carbocycles. The zero-order valence-corrected chi connectivity index (χ0v) is 15.8. The number of carbonyl (C=O) groups excluding carboxylic acids is 3. The summed E-state index contributed by atoms with van der Waals surface area (Å²) in [5.41, 5.74) is 1.38. The first-order valence-corrected chi connectivity index (χ1v) is 9.33. The number of imide groups is 1. The number of hydrogen-bond acceptors (Lipinski definition) is 5. The zero-order chi connectivity index (χ0) is 18.8.